The lowest BCUT2D eigenvalue weighted by Crippen LogP contribution is -2.33. The van der Waals surface area contributed by atoms with E-state index in [1.807, 2.05) is 0 Å². The van der Waals surface area contributed by atoms with Crippen LogP contribution in [0.15, 0.2) is 41.2 Å². The number of benzene rings is 1. The largest absolute Gasteiger partial charge is 0.497 e. The molecule has 0 saturated heterocycles. The van der Waals surface area contributed by atoms with Crippen LogP contribution in [0, 0.1) is 0 Å². The zero-order valence-corrected chi connectivity index (χ0v) is 13.2. The zero-order valence-electron chi connectivity index (χ0n) is 13.2. The predicted octanol–water partition coefficient (Wildman–Crippen LogP) is 2.33. The molecule has 1 aromatic heterocycles. The van der Waals surface area contributed by atoms with Gasteiger partial charge in [-0.2, -0.15) is 5.10 Å². The quantitative estimate of drug-likeness (QED) is 0.919. The van der Waals surface area contributed by atoms with E-state index in [4.69, 9.17) is 4.74 Å². The Morgan fingerprint density at radius 3 is 2.57 bits per heavy atom. The number of hydrogen-bond acceptors (Lipinski definition) is 4. The average molecular weight is 313 g/mol. The lowest BCUT2D eigenvalue weighted by molar-refractivity contribution is -0.119. The summed E-state index contributed by atoms with van der Waals surface area (Å²) in [5, 5.41) is 7.14. The maximum atomic E-state index is 12.4. The van der Waals surface area contributed by atoms with E-state index >= 15 is 0 Å². The number of methoxy groups -OCH3 is 1. The fourth-order valence-corrected chi connectivity index (χ4v) is 2.35. The Morgan fingerprint density at radius 1 is 1.26 bits per heavy atom. The molecule has 23 heavy (non-hydrogen) atoms. The highest BCUT2D eigenvalue weighted by Crippen LogP contribution is 2.38. The Balaban J connectivity index is 1.76. The molecule has 6 nitrogen and oxygen atoms in total. The van der Waals surface area contributed by atoms with Gasteiger partial charge in [0.15, 0.2) is 0 Å². The number of aromatic nitrogens is 2. The van der Waals surface area contributed by atoms with Gasteiger partial charge in [0.2, 0.25) is 5.91 Å². The number of nitrogens with one attached hydrogen (secondary N) is 1. The molecule has 0 bridgehead atoms. The van der Waals surface area contributed by atoms with Gasteiger partial charge in [0.1, 0.15) is 11.8 Å². The Kier molecular flexibility index (Phi) is 4.14. The number of rotatable bonds is 5. The zero-order chi connectivity index (χ0) is 16.4. The van der Waals surface area contributed by atoms with Crippen LogP contribution in [-0.4, -0.2) is 22.8 Å². The van der Waals surface area contributed by atoms with Crippen LogP contribution in [0.4, 0.5) is 5.69 Å². The van der Waals surface area contributed by atoms with Crippen molar-refractivity contribution in [2.75, 3.05) is 12.4 Å². The fourth-order valence-electron chi connectivity index (χ4n) is 2.35. The molecule has 1 aromatic carbocycles. The molecule has 1 heterocycles. The lowest BCUT2D eigenvalue weighted by Gasteiger charge is -2.15. The summed E-state index contributed by atoms with van der Waals surface area (Å²) < 4.78 is 6.34. The molecule has 1 atom stereocenters. The molecule has 1 unspecified atom stereocenters. The molecule has 1 fully saturated rings. The van der Waals surface area contributed by atoms with Crippen molar-refractivity contribution in [1.82, 2.24) is 9.78 Å². The topological polar surface area (TPSA) is 73.2 Å². The van der Waals surface area contributed by atoms with E-state index in [1.54, 1.807) is 44.4 Å². The van der Waals surface area contributed by atoms with Crippen LogP contribution in [-0.2, 0) is 4.79 Å². The lowest BCUT2D eigenvalue weighted by atomic mass is 10.2. The molecule has 2 aromatic rings. The minimum atomic E-state index is -0.677. The van der Waals surface area contributed by atoms with Gasteiger partial charge in [0.05, 0.1) is 12.8 Å². The first-order valence-corrected chi connectivity index (χ1v) is 7.63. The van der Waals surface area contributed by atoms with E-state index in [1.165, 1.54) is 10.7 Å². The average Bonchev–Trinajstić information content (AvgIpc) is 3.40. The molecular formula is C17H19N3O3. The monoisotopic (exact) mass is 313 g/mol. The van der Waals surface area contributed by atoms with Crippen LogP contribution in [0.3, 0.4) is 0 Å². The molecular weight excluding hydrogens is 294 g/mol. The summed E-state index contributed by atoms with van der Waals surface area (Å²) in [6.07, 6.45) is 2.19. The van der Waals surface area contributed by atoms with E-state index < -0.39 is 6.04 Å². The van der Waals surface area contributed by atoms with E-state index in [-0.39, 0.29) is 11.5 Å². The van der Waals surface area contributed by atoms with Gasteiger partial charge in [-0.3, -0.25) is 9.59 Å². The van der Waals surface area contributed by atoms with Crippen molar-refractivity contribution >= 4 is 11.6 Å². The Bertz CT molecular complexity index is 763. The van der Waals surface area contributed by atoms with Gasteiger partial charge in [-0.25, -0.2) is 4.68 Å². The second kappa shape index (κ2) is 6.24. The number of nitrogens with zero attached hydrogens (tertiary/aromatic N) is 2. The van der Waals surface area contributed by atoms with Gasteiger partial charge in [0.25, 0.3) is 5.56 Å². The SMILES string of the molecule is COc1ccc(NC(=O)C(C)n2nc(C3CC3)ccc2=O)cc1. The summed E-state index contributed by atoms with van der Waals surface area (Å²) in [6, 6.07) is 9.59. The van der Waals surface area contributed by atoms with Crippen LogP contribution in [0.1, 0.15) is 37.4 Å². The molecule has 0 aliphatic heterocycles. The van der Waals surface area contributed by atoms with Crippen molar-refractivity contribution in [3.8, 4) is 5.75 Å². The highest BCUT2D eigenvalue weighted by atomic mass is 16.5. The smallest absolute Gasteiger partial charge is 0.267 e. The number of carbonyl (C=O) groups is 1. The molecule has 0 radical (unpaired) electrons. The predicted molar refractivity (Wildman–Crippen MR) is 86.8 cm³/mol. The third-order valence-corrected chi connectivity index (χ3v) is 3.95. The first-order valence-electron chi connectivity index (χ1n) is 7.63. The number of ether oxygens (including phenoxy) is 1. The third kappa shape index (κ3) is 3.41. The van der Waals surface area contributed by atoms with Crippen molar-refractivity contribution < 1.29 is 9.53 Å². The van der Waals surface area contributed by atoms with Crippen LogP contribution in [0.25, 0.3) is 0 Å². The van der Waals surface area contributed by atoms with Crippen molar-refractivity contribution in [2.24, 2.45) is 0 Å². The number of anilines is 1. The van der Waals surface area contributed by atoms with Crippen molar-refractivity contribution in [3.05, 3.63) is 52.4 Å². The second-order valence-electron chi connectivity index (χ2n) is 5.71. The van der Waals surface area contributed by atoms with Crippen molar-refractivity contribution in [1.29, 1.82) is 0 Å². The van der Waals surface area contributed by atoms with Gasteiger partial charge in [-0.15, -0.1) is 0 Å². The van der Waals surface area contributed by atoms with Gasteiger partial charge in [-0.05, 0) is 50.1 Å². The van der Waals surface area contributed by atoms with Crippen LogP contribution in [0.2, 0.25) is 0 Å². The summed E-state index contributed by atoms with van der Waals surface area (Å²) in [5.74, 6) is 0.863. The molecule has 1 aliphatic rings. The van der Waals surface area contributed by atoms with Gasteiger partial charge >= 0.3 is 0 Å². The normalized spacial score (nSPS) is 15.0. The number of hydrogen-bond donors (Lipinski definition) is 1. The van der Waals surface area contributed by atoms with Crippen LogP contribution >= 0.6 is 0 Å². The first-order chi connectivity index (χ1) is 11.1. The minimum absolute atomic E-state index is 0.271. The van der Waals surface area contributed by atoms with E-state index in [2.05, 4.69) is 10.4 Å². The Morgan fingerprint density at radius 2 is 1.96 bits per heavy atom. The highest BCUT2D eigenvalue weighted by Gasteiger charge is 2.27. The standard InChI is InChI=1S/C17H19N3O3/c1-11(17(22)18-13-5-7-14(23-2)8-6-13)20-16(21)10-9-15(19-20)12-3-4-12/h5-12H,3-4H2,1-2H3,(H,18,22). The summed E-state index contributed by atoms with van der Waals surface area (Å²) in [4.78, 5) is 24.4. The van der Waals surface area contributed by atoms with Crippen molar-refractivity contribution in [3.63, 3.8) is 0 Å². The molecule has 120 valence electrons. The minimum Gasteiger partial charge on any atom is -0.497 e. The highest BCUT2D eigenvalue weighted by molar-refractivity contribution is 5.93. The number of amides is 1. The van der Waals surface area contributed by atoms with Gasteiger partial charge in [0, 0.05) is 17.7 Å². The van der Waals surface area contributed by atoms with Crippen molar-refractivity contribution in [2.45, 2.75) is 31.7 Å². The van der Waals surface area contributed by atoms with E-state index in [0.717, 1.165) is 18.5 Å². The number of carbonyl (C=O) groups excluding carboxylic acids is 1. The molecule has 1 saturated carbocycles. The van der Waals surface area contributed by atoms with Gasteiger partial charge < -0.3 is 10.1 Å². The van der Waals surface area contributed by atoms with Crippen LogP contribution < -0.4 is 15.6 Å². The van der Waals surface area contributed by atoms with E-state index in [9.17, 15) is 9.59 Å². The van der Waals surface area contributed by atoms with Gasteiger partial charge in [-0.1, -0.05) is 0 Å². The third-order valence-electron chi connectivity index (χ3n) is 3.95. The van der Waals surface area contributed by atoms with E-state index in [0.29, 0.717) is 17.4 Å². The fraction of sp³-hybridized carbons (Fsp3) is 0.353. The Labute approximate surface area is 134 Å². The van der Waals surface area contributed by atoms with Crippen LogP contribution in [0.5, 0.6) is 5.75 Å². The molecule has 6 heteroatoms. The molecule has 1 amide bonds. The maximum Gasteiger partial charge on any atom is 0.267 e. The maximum absolute atomic E-state index is 12.4. The first kappa shape index (κ1) is 15.3. The molecule has 1 aliphatic carbocycles. The molecule has 0 spiro atoms. The molecule has 3 rings (SSSR count). The Hall–Kier alpha value is -2.63. The second-order valence-corrected chi connectivity index (χ2v) is 5.71. The summed E-state index contributed by atoms with van der Waals surface area (Å²) in [6.45, 7) is 1.67. The molecule has 1 N–H and O–H groups in total. The summed E-state index contributed by atoms with van der Waals surface area (Å²) in [5.41, 5.74) is 1.26. The summed E-state index contributed by atoms with van der Waals surface area (Å²) in [7, 11) is 1.58. The summed E-state index contributed by atoms with van der Waals surface area (Å²) >= 11 is 0.